The average Bonchev–Trinajstić information content (AvgIpc) is 2.88. The fourth-order valence-electron chi connectivity index (χ4n) is 1.91. The number of halogens is 1. The maximum Gasteiger partial charge on any atom is 0.191 e. The number of rotatable bonds is 8. The molecule has 1 rings (SSSR count). The number of nitrogens with zero attached hydrogens (tertiary/aromatic N) is 3. The van der Waals surface area contributed by atoms with Gasteiger partial charge in [0.05, 0.1) is 5.60 Å². The number of aliphatic imine (C=N–C) groups is 1. The summed E-state index contributed by atoms with van der Waals surface area (Å²) in [4.78, 5) is 9.02. The van der Waals surface area contributed by atoms with Crippen molar-refractivity contribution in [1.82, 2.24) is 20.2 Å². The Balaban J connectivity index is 0.00000484. The van der Waals surface area contributed by atoms with E-state index in [0.29, 0.717) is 19.0 Å². The minimum atomic E-state index is -0.230. The molecule has 2 N–H and O–H groups in total. The van der Waals surface area contributed by atoms with E-state index in [1.54, 1.807) is 7.11 Å². The minimum Gasteiger partial charge on any atom is -0.377 e. The molecule has 0 atom stereocenters. The number of guanidine groups is 1. The maximum absolute atomic E-state index is 5.42. The molecule has 0 aromatic carbocycles. The zero-order valence-electron chi connectivity index (χ0n) is 15.2. The molecule has 0 radical (unpaired) electrons. The number of aromatic nitrogens is 2. The van der Waals surface area contributed by atoms with Crippen LogP contribution in [0.4, 0.5) is 0 Å². The topological polar surface area (TPSA) is 63.5 Å². The van der Waals surface area contributed by atoms with E-state index in [0.717, 1.165) is 24.9 Å². The van der Waals surface area contributed by atoms with Crippen LogP contribution in [0.5, 0.6) is 0 Å². The first kappa shape index (κ1) is 22.2. The molecule has 1 aromatic rings. The van der Waals surface area contributed by atoms with Gasteiger partial charge in [0.25, 0.3) is 0 Å². The first-order valence-electron chi connectivity index (χ1n) is 7.95. The molecule has 0 aliphatic rings. The molecule has 134 valence electrons. The summed E-state index contributed by atoms with van der Waals surface area (Å²) in [5, 5.41) is 6.56. The predicted molar refractivity (Wildman–Crippen MR) is 106 cm³/mol. The second-order valence-electron chi connectivity index (χ2n) is 6.40. The van der Waals surface area contributed by atoms with Crippen molar-refractivity contribution < 1.29 is 4.74 Å². The van der Waals surface area contributed by atoms with Crippen molar-refractivity contribution in [2.75, 3.05) is 20.2 Å². The van der Waals surface area contributed by atoms with Crippen LogP contribution in [-0.4, -0.2) is 41.3 Å². The molecule has 0 saturated heterocycles. The van der Waals surface area contributed by atoms with Crippen molar-refractivity contribution in [2.24, 2.45) is 10.9 Å². The lowest BCUT2D eigenvalue weighted by Crippen LogP contribution is -2.45. The van der Waals surface area contributed by atoms with Crippen molar-refractivity contribution in [1.29, 1.82) is 0 Å². The van der Waals surface area contributed by atoms with Crippen LogP contribution in [0.15, 0.2) is 17.4 Å². The molecule has 0 unspecified atom stereocenters. The minimum absolute atomic E-state index is 0. The highest BCUT2D eigenvalue weighted by Crippen LogP contribution is 2.06. The largest absolute Gasteiger partial charge is 0.377 e. The monoisotopic (exact) mass is 437 g/mol. The zero-order valence-corrected chi connectivity index (χ0v) is 17.5. The Kier molecular flexibility index (Phi) is 10.5. The third kappa shape index (κ3) is 8.55. The summed E-state index contributed by atoms with van der Waals surface area (Å²) in [5.41, 5.74) is -0.230. The predicted octanol–water partition coefficient (Wildman–Crippen LogP) is 2.64. The summed E-state index contributed by atoms with van der Waals surface area (Å²) in [7, 11) is 1.72. The smallest absolute Gasteiger partial charge is 0.191 e. The van der Waals surface area contributed by atoms with Crippen molar-refractivity contribution >= 4 is 29.9 Å². The molecule has 0 aliphatic heterocycles. The van der Waals surface area contributed by atoms with Gasteiger partial charge in [0.15, 0.2) is 5.96 Å². The first-order chi connectivity index (χ1) is 10.4. The average molecular weight is 437 g/mol. The van der Waals surface area contributed by atoms with Crippen molar-refractivity contribution in [2.45, 2.75) is 53.3 Å². The Morgan fingerprint density at radius 2 is 2.09 bits per heavy atom. The quantitative estimate of drug-likeness (QED) is 0.373. The second-order valence-corrected chi connectivity index (χ2v) is 6.40. The van der Waals surface area contributed by atoms with E-state index >= 15 is 0 Å². The lowest BCUT2D eigenvalue weighted by molar-refractivity contribution is 0.0268. The molecule has 0 spiro atoms. The number of hydrogen-bond donors (Lipinski definition) is 2. The Labute approximate surface area is 157 Å². The Bertz CT molecular complexity index is 471. The van der Waals surface area contributed by atoms with Crippen LogP contribution in [0.1, 0.15) is 40.4 Å². The highest BCUT2D eigenvalue weighted by Gasteiger charge is 2.16. The van der Waals surface area contributed by atoms with E-state index in [2.05, 4.69) is 45.9 Å². The first-order valence-corrected chi connectivity index (χ1v) is 7.95. The van der Waals surface area contributed by atoms with Crippen LogP contribution >= 0.6 is 24.0 Å². The summed E-state index contributed by atoms with van der Waals surface area (Å²) < 4.78 is 7.58. The van der Waals surface area contributed by atoms with Crippen LogP contribution in [0, 0.1) is 5.92 Å². The normalized spacial score (nSPS) is 12.2. The number of methoxy groups -OCH3 is 1. The summed E-state index contributed by atoms with van der Waals surface area (Å²) in [6.07, 6.45) is 3.85. The van der Waals surface area contributed by atoms with Crippen LogP contribution in [0.3, 0.4) is 0 Å². The van der Waals surface area contributed by atoms with E-state index in [1.165, 1.54) is 0 Å². The highest BCUT2D eigenvalue weighted by molar-refractivity contribution is 14.0. The van der Waals surface area contributed by atoms with Gasteiger partial charge in [-0.3, -0.25) is 0 Å². The lowest BCUT2D eigenvalue weighted by Gasteiger charge is -2.24. The third-order valence-electron chi connectivity index (χ3n) is 3.32. The van der Waals surface area contributed by atoms with Gasteiger partial charge < -0.3 is 19.9 Å². The number of nitrogens with one attached hydrogen (secondary N) is 2. The number of hydrogen-bond acceptors (Lipinski definition) is 3. The summed E-state index contributed by atoms with van der Waals surface area (Å²) in [6, 6.07) is 0. The van der Waals surface area contributed by atoms with Gasteiger partial charge in [0, 0.05) is 39.1 Å². The number of ether oxygens (including phenoxy) is 1. The van der Waals surface area contributed by atoms with E-state index in [9.17, 15) is 0 Å². The van der Waals surface area contributed by atoms with Crippen LogP contribution < -0.4 is 10.6 Å². The van der Waals surface area contributed by atoms with E-state index < -0.39 is 0 Å². The molecule has 0 bridgehead atoms. The van der Waals surface area contributed by atoms with Gasteiger partial charge in [-0.05, 0) is 26.7 Å². The molecule has 1 aromatic heterocycles. The Morgan fingerprint density at radius 1 is 1.39 bits per heavy atom. The standard InChI is InChI=1S/C16H31N5O.HI/c1-7-17-15(20-12-16(4,5)22-6)19-10-14-18-8-9-21(14)11-13(2)3;/h8-9,13H,7,10-12H2,1-6H3,(H2,17,19,20);1H. The van der Waals surface area contributed by atoms with Crippen molar-refractivity contribution in [3.63, 3.8) is 0 Å². The van der Waals surface area contributed by atoms with Crippen molar-refractivity contribution in [3.05, 3.63) is 18.2 Å². The Morgan fingerprint density at radius 3 is 2.65 bits per heavy atom. The van der Waals surface area contributed by atoms with Crippen LogP contribution in [0.2, 0.25) is 0 Å². The molecule has 0 aliphatic carbocycles. The van der Waals surface area contributed by atoms with Crippen molar-refractivity contribution in [3.8, 4) is 0 Å². The lowest BCUT2D eigenvalue weighted by atomic mass is 10.1. The molecule has 7 heteroatoms. The van der Waals surface area contributed by atoms with Gasteiger partial charge >= 0.3 is 0 Å². The molecular formula is C16H32IN5O. The molecule has 0 fully saturated rings. The Hall–Kier alpha value is -0.830. The summed E-state index contributed by atoms with van der Waals surface area (Å²) in [6.45, 7) is 13.6. The van der Waals surface area contributed by atoms with Crippen LogP contribution in [0.25, 0.3) is 0 Å². The molecule has 1 heterocycles. The molecule has 0 amide bonds. The summed E-state index contributed by atoms with van der Waals surface area (Å²) >= 11 is 0. The van der Waals surface area contributed by atoms with E-state index in [4.69, 9.17) is 4.74 Å². The van der Waals surface area contributed by atoms with Gasteiger partial charge in [-0.15, -0.1) is 24.0 Å². The number of imidazole rings is 1. The maximum atomic E-state index is 5.42. The molecular weight excluding hydrogens is 405 g/mol. The zero-order chi connectivity index (χ0) is 16.6. The van der Waals surface area contributed by atoms with Gasteiger partial charge in [-0.2, -0.15) is 0 Å². The fraction of sp³-hybridized carbons (Fsp3) is 0.750. The van der Waals surface area contributed by atoms with Gasteiger partial charge in [-0.1, -0.05) is 13.8 Å². The molecule has 0 saturated carbocycles. The second kappa shape index (κ2) is 10.9. The third-order valence-corrected chi connectivity index (χ3v) is 3.32. The summed E-state index contributed by atoms with van der Waals surface area (Å²) in [5.74, 6) is 2.36. The van der Waals surface area contributed by atoms with Gasteiger partial charge in [-0.25, -0.2) is 9.98 Å². The molecule has 23 heavy (non-hydrogen) atoms. The molecule has 6 nitrogen and oxygen atoms in total. The van der Waals surface area contributed by atoms with Crippen LogP contribution in [-0.2, 0) is 17.8 Å². The SMILES string of the molecule is CCNC(=NCc1nccn1CC(C)C)NCC(C)(C)OC.I. The van der Waals surface area contributed by atoms with Gasteiger partial charge in [0.2, 0.25) is 0 Å². The van der Waals surface area contributed by atoms with Gasteiger partial charge in [0.1, 0.15) is 12.4 Å². The highest BCUT2D eigenvalue weighted by atomic mass is 127. The van der Waals surface area contributed by atoms with E-state index in [-0.39, 0.29) is 29.6 Å². The van der Waals surface area contributed by atoms with E-state index in [1.807, 2.05) is 26.2 Å². The fourth-order valence-corrected chi connectivity index (χ4v) is 1.91.